The van der Waals surface area contributed by atoms with Crippen LogP contribution in [0.4, 0.5) is 0 Å². The molecule has 1 heterocycles. The number of carbonyl (C=O) groups excluding carboxylic acids is 2. The predicted molar refractivity (Wildman–Crippen MR) is 112 cm³/mol. The second kappa shape index (κ2) is 8.05. The fraction of sp³-hybridized carbons (Fsp3) is 0.500. The van der Waals surface area contributed by atoms with Gasteiger partial charge in [-0.2, -0.15) is 0 Å². The normalized spacial score (nSPS) is 21.1. The number of Topliss-reactive ketones (excluding diaryl/α,β-unsaturated/α-hetero) is 1. The van der Waals surface area contributed by atoms with E-state index in [4.69, 9.17) is 9.47 Å². The minimum atomic E-state index is -0.496. The quantitative estimate of drug-likeness (QED) is 0.733. The van der Waals surface area contributed by atoms with Gasteiger partial charge in [-0.25, -0.2) is 4.79 Å². The molecule has 0 amide bonds. The lowest BCUT2D eigenvalue weighted by atomic mass is 9.68. The SMILES string of the molecule is CCOc1ccccc1[C@@H]1C(C(=O)OC(C)C)=C(C)NC2=C1C(=O)CC(C)(C)C2. The topological polar surface area (TPSA) is 64.6 Å². The van der Waals surface area contributed by atoms with Gasteiger partial charge in [-0.15, -0.1) is 0 Å². The smallest absolute Gasteiger partial charge is 0.337 e. The van der Waals surface area contributed by atoms with Gasteiger partial charge in [-0.05, 0) is 45.6 Å². The summed E-state index contributed by atoms with van der Waals surface area (Å²) in [5.74, 6) is -0.134. The van der Waals surface area contributed by atoms with Crippen molar-refractivity contribution in [2.75, 3.05) is 6.61 Å². The molecule has 1 aromatic carbocycles. The van der Waals surface area contributed by atoms with Gasteiger partial charge >= 0.3 is 5.97 Å². The Morgan fingerprint density at radius 3 is 2.59 bits per heavy atom. The monoisotopic (exact) mass is 397 g/mol. The van der Waals surface area contributed by atoms with Crippen molar-refractivity contribution in [3.8, 4) is 5.75 Å². The van der Waals surface area contributed by atoms with Gasteiger partial charge < -0.3 is 14.8 Å². The Morgan fingerprint density at radius 1 is 1.24 bits per heavy atom. The maximum Gasteiger partial charge on any atom is 0.337 e. The summed E-state index contributed by atoms with van der Waals surface area (Å²) in [5.41, 5.74) is 3.49. The molecule has 0 bridgehead atoms. The molecule has 1 atom stereocenters. The van der Waals surface area contributed by atoms with Crippen LogP contribution in [0.25, 0.3) is 0 Å². The Morgan fingerprint density at radius 2 is 1.93 bits per heavy atom. The van der Waals surface area contributed by atoms with Crippen LogP contribution in [-0.2, 0) is 14.3 Å². The van der Waals surface area contributed by atoms with Gasteiger partial charge in [-0.1, -0.05) is 32.0 Å². The molecule has 2 aliphatic rings. The molecule has 5 heteroatoms. The summed E-state index contributed by atoms with van der Waals surface area (Å²) in [6.45, 7) is 12.2. The van der Waals surface area contributed by atoms with Gasteiger partial charge in [0.25, 0.3) is 0 Å². The molecule has 0 fully saturated rings. The minimum Gasteiger partial charge on any atom is -0.494 e. The summed E-state index contributed by atoms with van der Waals surface area (Å²) < 4.78 is 11.4. The molecule has 0 aromatic heterocycles. The van der Waals surface area contributed by atoms with Crippen molar-refractivity contribution < 1.29 is 19.1 Å². The fourth-order valence-electron chi connectivity index (χ4n) is 4.30. The number of nitrogens with one attached hydrogen (secondary N) is 1. The van der Waals surface area contributed by atoms with E-state index in [2.05, 4.69) is 19.2 Å². The number of benzene rings is 1. The summed E-state index contributed by atoms with van der Waals surface area (Å²) in [4.78, 5) is 26.4. The van der Waals surface area contributed by atoms with Crippen LogP contribution in [-0.4, -0.2) is 24.5 Å². The summed E-state index contributed by atoms with van der Waals surface area (Å²) in [7, 11) is 0. The average molecular weight is 398 g/mol. The largest absolute Gasteiger partial charge is 0.494 e. The third-order valence-electron chi connectivity index (χ3n) is 5.33. The van der Waals surface area contributed by atoms with Gasteiger partial charge in [0.1, 0.15) is 5.75 Å². The van der Waals surface area contributed by atoms with Crippen LogP contribution in [0.5, 0.6) is 5.75 Å². The van der Waals surface area contributed by atoms with Crippen LogP contribution < -0.4 is 10.1 Å². The highest BCUT2D eigenvalue weighted by molar-refractivity contribution is 6.04. The Labute approximate surface area is 173 Å². The number of carbonyl (C=O) groups is 2. The zero-order valence-corrected chi connectivity index (χ0v) is 18.2. The summed E-state index contributed by atoms with van der Waals surface area (Å²) >= 11 is 0. The lowest BCUT2D eigenvalue weighted by molar-refractivity contribution is -0.143. The fourth-order valence-corrected chi connectivity index (χ4v) is 4.30. The number of dihydropyridines is 1. The van der Waals surface area contributed by atoms with Crippen LogP contribution in [0, 0.1) is 5.41 Å². The van der Waals surface area contributed by atoms with Gasteiger partial charge in [-0.3, -0.25) is 4.79 Å². The van der Waals surface area contributed by atoms with E-state index in [-0.39, 0.29) is 17.3 Å². The predicted octanol–water partition coefficient (Wildman–Crippen LogP) is 4.64. The third-order valence-corrected chi connectivity index (χ3v) is 5.33. The highest BCUT2D eigenvalue weighted by atomic mass is 16.5. The first-order valence-corrected chi connectivity index (χ1v) is 10.3. The van der Waals surface area contributed by atoms with Crippen molar-refractivity contribution in [3.05, 3.63) is 52.4 Å². The Kier molecular flexibility index (Phi) is 5.87. The van der Waals surface area contributed by atoms with Crippen molar-refractivity contribution in [1.29, 1.82) is 0 Å². The van der Waals surface area contributed by atoms with E-state index >= 15 is 0 Å². The Hall–Kier alpha value is -2.56. The molecule has 156 valence electrons. The van der Waals surface area contributed by atoms with Crippen molar-refractivity contribution in [3.63, 3.8) is 0 Å². The second-order valence-corrected chi connectivity index (χ2v) is 8.85. The maximum atomic E-state index is 13.3. The van der Waals surface area contributed by atoms with E-state index in [1.54, 1.807) is 0 Å². The van der Waals surface area contributed by atoms with Gasteiger partial charge in [0.05, 0.1) is 24.2 Å². The van der Waals surface area contributed by atoms with E-state index in [0.717, 1.165) is 23.4 Å². The molecule has 1 aromatic rings. The molecule has 0 spiro atoms. The van der Waals surface area contributed by atoms with Crippen LogP contribution >= 0.6 is 0 Å². The molecule has 29 heavy (non-hydrogen) atoms. The summed E-state index contributed by atoms with van der Waals surface area (Å²) in [5, 5.41) is 3.36. The number of hydrogen-bond acceptors (Lipinski definition) is 5. The molecule has 1 aliphatic heterocycles. The standard InChI is InChI=1S/C24H31NO4/c1-7-28-19-11-9-8-10-16(19)21-20(23(27)29-14(2)3)15(4)25-17-12-24(5,6)13-18(26)22(17)21/h8-11,14,21,25H,7,12-13H2,1-6H3/t21-/m1/s1. The van der Waals surface area contributed by atoms with Gasteiger partial charge in [0, 0.05) is 29.0 Å². The highest BCUT2D eigenvalue weighted by Gasteiger charge is 2.44. The number of para-hydroxylation sites is 1. The number of rotatable bonds is 5. The van der Waals surface area contributed by atoms with Crippen molar-refractivity contribution in [1.82, 2.24) is 5.32 Å². The van der Waals surface area contributed by atoms with Crippen molar-refractivity contribution in [2.45, 2.75) is 66.4 Å². The minimum absolute atomic E-state index is 0.0717. The van der Waals surface area contributed by atoms with Crippen LogP contribution in [0.3, 0.4) is 0 Å². The molecule has 1 N–H and O–H groups in total. The highest BCUT2D eigenvalue weighted by Crippen LogP contribution is 2.48. The number of esters is 1. The number of ether oxygens (including phenoxy) is 2. The molecule has 0 unspecified atom stereocenters. The number of ketones is 1. The van der Waals surface area contributed by atoms with E-state index in [0.29, 0.717) is 29.9 Å². The second-order valence-electron chi connectivity index (χ2n) is 8.85. The molecule has 3 rings (SSSR count). The summed E-state index contributed by atoms with van der Waals surface area (Å²) in [6.07, 6.45) is 0.958. The first kappa shape index (κ1) is 21.2. The maximum absolute atomic E-state index is 13.3. The lowest BCUT2D eigenvalue weighted by Crippen LogP contribution is -2.39. The number of allylic oxidation sites excluding steroid dienone is 3. The van der Waals surface area contributed by atoms with E-state index in [9.17, 15) is 9.59 Å². The molecule has 0 radical (unpaired) electrons. The first-order valence-electron chi connectivity index (χ1n) is 10.3. The van der Waals surface area contributed by atoms with Crippen LogP contribution in [0.1, 0.15) is 65.9 Å². The molecule has 0 saturated carbocycles. The Balaban J connectivity index is 2.21. The van der Waals surface area contributed by atoms with Gasteiger partial charge in [0.15, 0.2) is 5.78 Å². The zero-order valence-electron chi connectivity index (χ0n) is 18.2. The molecule has 1 aliphatic carbocycles. The van der Waals surface area contributed by atoms with Crippen molar-refractivity contribution >= 4 is 11.8 Å². The third kappa shape index (κ3) is 4.24. The van der Waals surface area contributed by atoms with E-state index in [1.807, 2.05) is 52.0 Å². The van der Waals surface area contributed by atoms with Crippen molar-refractivity contribution in [2.24, 2.45) is 5.41 Å². The van der Waals surface area contributed by atoms with Gasteiger partial charge in [0.2, 0.25) is 0 Å². The van der Waals surface area contributed by atoms with Crippen LogP contribution in [0.2, 0.25) is 0 Å². The molecule has 0 saturated heterocycles. The van der Waals surface area contributed by atoms with Crippen LogP contribution in [0.15, 0.2) is 46.8 Å². The first-order chi connectivity index (χ1) is 13.6. The molecule has 5 nitrogen and oxygen atoms in total. The number of hydrogen-bond donors (Lipinski definition) is 1. The molecular weight excluding hydrogens is 366 g/mol. The lowest BCUT2D eigenvalue weighted by Gasteiger charge is -2.39. The van der Waals surface area contributed by atoms with E-state index < -0.39 is 11.9 Å². The Bertz CT molecular complexity index is 892. The summed E-state index contributed by atoms with van der Waals surface area (Å²) in [6, 6.07) is 7.64. The zero-order chi connectivity index (χ0) is 21.3. The average Bonchev–Trinajstić information content (AvgIpc) is 2.59. The molecular formula is C24H31NO4. The van der Waals surface area contributed by atoms with E-state index in [1.165, 1.54) is 0 Å².